The first kappa shape index (κ1) is 15.3. The number of rotatable bonds is 4. The maximum absolute atomic E-state index is 13.4. The lowest BCUT2D eigenvalue weighted by Gasteiger charge is -2.37. The number of aliphatic carboxylic acids is 1. The molecule has 3 nitrogen and oxygen atoms in total. The van der Waals surface area contributed by atoms with E-state index >= 15 is 0 Å². The Bertz CT molecular complexity index is 495. The van der Waals surface area contributed by atoms with Crippen molar-refractivity contribution in [3.63, 3.8) is 0 Å². The third-order valence-electron chi connectivity index (χ3n) is 4.05. The van der Waals surface area contributed by atoms with Crippen molar-refractivity contribution in [1.29, 1.82) is 0 Å². The minimum absolute atomic E-state index is 0.0909. The fourth-order valence-corrected chi connectivity index (χ4v) is 2.89. The molecule has 1 aliphatic rings. The molecule has 0 amide bonds. The van der Waals surface area contributed by atoms with Crippen molar-refractivity contribution in [2.24, 2.45) is 5.92 Å². The van der Waals surface area contributed by atoms with E-state index in [-0.39, 0.29) is 5.02 Å². The van der Waals surface area contributed by atoms with Crippen molar-refractivity contribution in [3.8, 4) is 0 Å². The molecule has 20 heavy (non-hydrogen) atoms. The van der Waals surface area contributed by atoms with Crippen LogP contribution in [0.3, 0.4) is 0 Å². The van der Waals surface area contributed by atoms with Crippen LogP contribution in [0.1, 0.15) is 31.7 Å². The molecular formula is C15H19ClFNO2. The highest BCUT2D eigenvalue weighted by Crippen LogP contribution is 2.27. The highest BCUT2D eigenvalue weighted by Gasteiger charge is 2.32. The number of piperidine rings is 1. The van der Waals surface area contributed by atoms with E-state index < -0.39 is 17.8 Å². The maximum atomic E-state index is 13.4. The van der Waals surface area contributed by atoms with Crippen LogP contribution in [0.5, 0.6) is 0 Å². The normalized spacial score (nSPS) is 23.8. The van der Waals surface area contributed by atoms with Gasteiger partial charge in [-0.1, -0.05) is 31.0 Å². The largest absolute Gasteiger partial charge is 0.480 e. The molecule has 1 heterocycles. The number of hydrogen-bond acceptors (Lipinski definition) is 2. The number of carboxylic acid groups (broad SMARTS) is 1. The quantitative estimate of drug-likeness (QED) is 0.924. The smallest absolute Gasteiger partial charge is 0.320 e. The van der Waals surface area contributed by atoms with Gasteiger partial charge in [-0.25, -0.2) is 4.39 Å². The van der Waals surface area contributed by atoms with Crippen molar-refractivity contribution in [1.82, 2.24) is 4.90 Å². The van der Waals surface area contributed by atoms with E-state index in [0.29, 0.717) is 18.9 Å². The standard InChI is InChI=1S/C15H19ClFNO2/c1-2-10-5-6-18(14(8-10)15(19)20)9-11-3-4-12(16)13(17)7-11/h3-4,7,10,14H,2,5-6,8-9H2,1H3,(H,19,20). The topological polar surface area (TPSA) is 40.5 Å². The van der Waals surface area contributed by atoms with E-state index in [4.69, 9.17) is 11.6 Å². The second-order valence-corrected chi connectivity index (χ2v) is 5.78. The summed E-state index contributed by atoms with van der Waals surface area (Å²) in [6.07, 6.45) is 2.67. The molecule has 1 N–H and O–H groups in total. The van der Waals surface area contributed by atoms with E-state index in [1.807, 2.05) is 4.90 Å². The van der Waals surface area contributed by atoms with Gasteiger partial charge in [-0.05, 0) is 43.0 Å². The van der Waals surface area contributed by atoms with Crippen LogP contribution in [-0.2, 0) is 11.3 Å². The van der Waals surface area contributed by atoms with Crippen molar-refractivity contribution < 1.29 is 14.3 Å². The second-order valence-electron chi connectivity index (χ2n) is 5.37. The average molecular weight is 300 g/mol. The van der Waals surface area contributed by atoms with Gasteiger partial charge in [-0.3, -0.25) is 9.69 Å². The number of carbonyl (C=O) groups is 1. The molecular weight excluding hydrogens is 281 g/mol. The Morgan fingerprint density at radius 3 is 2.90 bits per heavy atom. The summed E-state index contributed by atoms with van der Waals surface area (Å²) >= 11 is 5.66. The Labute approximate surface area is 123 Å². The maximum Gasteiger partial charge on any atom is 0.320 e. The number of nitrogens with zero attached hydrogens (tertiary/aromatic N) is 1. The monoisotopic (exact) mass is 299 g/mol. The van der Waals surface area contributed by atoms with Crippen LogP contribution >= 0.6 is 11.6 Å². The molecule has 1 aliphatic heterocycles. The predicted molar refractivity (Wildman–Crippen MR) is 76.3 cm³/mol. The zero-order valence-electron chi connectivity index (χ0n) is 11.5. The zero-order chi connectivity index (χ0) is 14.7. The lowest BCUT2D eigenvalue weighted by molar-refractivity contribution is -0.145. The lowest BCUT2D eigenvalue weighted by atomic mass is 9.88. The third kappa shape index (κ3) is 3.49. The fourth-order valence-electron chi connectivity index (χ4n) is 2.78. The highest BCUT2D eigenvalue weighted by molar-refractivity contribution is 6.30. The van der Waals surface area contributed by atoms with Crippen LogP contribution in [0.4, 0.5) is 4.39 Å². The number of benzene rings is 1. The van der Waals surface area contributed by atoms with Crippen molar-refractivity contribution in [2.45, 2.75) is 38.8 Å². The molecule has 2 rings (SSSR count). The Morgan fingerprint density at radius 1 is 1.55 bits per heavy atom. The minimum Gasteiger partial charge on any atom is -0.480 e. The first-order chi connectivity index (χ1) is 9.51. The first-order valence-electron chi connectivity index (χ1n) is 6.92. The molecule has 2 atom stereocenters. The summed E-state index contributed by atoms with van der Waals surface area (Å²) in [6, 6.07) is 4.16. The van der Waals surface area contributed by atoms with E-state index in [2.05, 4.69) is 6.92 Å². The Kier molecular flexibility index (Phi) is 5.00. The van der Waals surface area contributed by atoms with Gasteiger partial charge in [0.2, 0.25) is 0 Å². The van der Waals surface area contributed by atoms with Crippen molar-refractivity contribution >= 4 is 17.6 Å². The van der Waals surface area contributed by atoms with Gasteiger partial charge in [0, 0.05) is 6.54 Å². The minimum atomic E-state index is -0.794. The molecule has 1 aromatic rings. The van der Waals surface area contributed by atoms with Crippen LogP contribution < -0.4 is 0 Å². The van der Waals surface area contributed by atoms with E-state index in [0.717, 1.165) is 24.9 Å². The molecule has 110 valence electrons. The number of carboxylic acids is 1. The summed E-state index contributed by atoms with van der Waals surface area (Å²) in [7, 11) is 0. The molecule has 0 saturated carbocycles. The summed E-state index contributed by atoms with van der Waals surface area (Å²) in [5, 5.41) is 9.45. The molecule has 0 radical (unpaired) electrons. The van der Waals surface area contributed by atoms with Crippen LogP contribution in [0, 0.1) is 11.7 Å². The van der Waals surface area contributed by atoms with Crippen LogP contribution in [0.2, 0.25) is 5.02 Å². The van der Waals surface area contributed by atoms with E-state index in [1.54, 1.807) is 6.07 Å². The molecule has 0 aliphatic carbocycles. The van der Waals surface area contributed by atoms with Gasteiger partial charge < -0.3 is 5.11 Å². The van der Waals surface area contributed by atoms with Gasteiger partial charge in [0.05, 0.1) is 5.02 Å². The molecule has 0 spiro atoms. The zero-order valence-corrected chi connectivity index (χ0v) is 12.2. The summed E-state index contributed by atoms with van der Waals surface area (Å²) in [5.41, 5.74) is 0.757. The lowest BCUT2D eigenvalue weighted by Crippen LogP contribution is -2.46. The van der Waals surface area contributed by atoms with Gasteiger partial charge in [0.25, 0.3) is 0 Å². The summed E-state index contributed by atoms with van der Waals surface area (Å²) in [5.74, 6) is -0.786. The number of halogens is 2. The first-order valence-corrected chi connectivity index (χ1v) is 7.29. The molecule has 1 saturated heterocycles. The predicted octanol–water partition coefficient (Wildman–Crippen LogP) is 3.55. The van der Waals surface area contributed by atoms with Crippen molar-refractivity contribution in [3.05, 3.63) is 34.6 Å². The Morgan fingerprint density at radius 2 is 2.30 bits per heavy atom. The number of likely N-dealkylation sites (tertiary alicyclic amines) is 1. The molecule has 0 bridgehead atoms. The fraction of sp³-hybridized carbons (Fsp3) is 0.533. The van der Waals surface area contributed by atoms with Gasteiger partial charge in [0.1, 0.15) is 11.9 Å². The average Bonchev–Trinajstić information content (AvgIpc) is 2.43. The third-order valence-corrected chi connectivity index (χ3v) is 4.36. The Hall–Kier alpha value is -1.13. The van der Waals surface area contributed by atoms with Crippen LogP contribution in [0.25, 0.3) is 0 Å². The molecule has 1 aromatic carbocycles. The van der Waals surface area contributed by atoms with Crippen LogP contribution in [0.15, 0.2) is 18.2 Å². The SMILES string of the molecule is CCC1CCN(Cc2ccc(Cl)c(F)c2)C(C(=O)O)C1. The Balaban J connectivity index is 2.10. The van der Waals surface area contributed by atoms with E-state index in [9.17, 15) is 14.3 Å². The number of hydrogen-bond donors (Lipinski definition) is 1. The molecule has 2 unspecified atom stereocenters. The molecule has 1 fully saturated rings. The summed E-state index contributed by atoms with van der Waals surface area (Å²) < 4.78 is 13.4. The van der Waals surface area contributed by atoms with Crippen molar-refractivity contribution in [2.75, 3.05) is 6.54 Å². The summed E-state index contributed by atoms with van der Waals surface area (Å²) in [6.45, 7) is 3.27. The molecule has 5 heteroatoms. The van der Waals surface area contributed by atoms with Crippen LogP contribution in [-0.4, -0.2) is 28.6 Å². The summed E-state index contributed by atoms with van der Waals surface area (Å²) in [4.78, 5) is 13.3. The highest BCUT2D eigenvalue weighted by atomic mass is 35.5. The van der Waals surface area contributed by atoms with Gasteiger partial charge in [-0.2, -0.15) is 0 Å². The second kappa shape index (κ2) is 6.55. The van der Waals surface area contributed by atoms with Gasteiger partial charge >= 0.3 is 5.97 Å². The van der Waals surface area contributed by atoms with Gasteiger partial charge in [-0.15, -0.1) is 0 Å². The molecule has 0 aromatic heterocycles. The van der Waals surface area contributed by atoms with E-state index in [1.165, 1.54) is 12.1 Å². The van der Waals surface area contributed by atoms with Gasteiger partial charge in [0.15, 0.2) is 0 Å².